The molecule has 2 aromatic rings. The Bertz CT molecular complexity index is 667. The lowest BCUT2D eigenvalue weighted by molar-refractivity contribution is -0.121. The first-order valence-electron chi connectivity index (χ1n) is 8.52. The van der Waals surface area contributed by atoms with Crippen molar-refractivity contribution < 1.29 is 4.79 Å². The van der Waals surface area contributed by atoms with Gasteiger partial charge in [0.25, 0.3) is 0 Å². The molecule has 3 rings (SSSR count). The molecule has 1 aromatic heterocycles. The molecule has 120 valence electrons. The lowest BCUT2D eigenvalue weighted by Crippen LogP contribution is -2.27. The number of fused-ring (bicyclic) bond motifs is 1. The average Bonchev–Trinajstić information content (AvgIpc) is 2.60. The summed E-state index contributed by atoms with van der Waals surface area (Å²) in [6.07, 6.45) is 9.75. The molecule has 0 radical (unpaired) electrons. The zero-order valence-corrected chi connectivity index (χ0v) is 13.7. The fraction of sp³-hybridized carbons (Fsp3) is 0.400. The van der Waals surface area contributed by atoms with Crippen molar-refractivity contribution in [2.45, 2.75) is 51.5 Å². The van der Waals surface area contributed by atoms with Crippen molar-refractivity contribution in [3.8, 4) is 0 Å². The molecule has 0 saturated heterocycles. The van der Waals surface area contributed by atoms with Crippen molar-refractivity contribution >= 4 is 5.91 Å². The van der Waals surface area contributed by atoms with Crippen molar-refractivity contribution in [2.24, 2.45) is 0 Å². The number of aryl methyl sites for hydroxylation is 3. The number of nitrogens with zero attached hydrogens (tertiary/aromatic N) is 1. The molecular formula is C20H24N2O. The van der Waals surface area contributed by atoms with E-state index < -0.39 is 0 Å². The number of aromatic nitrogens is 1. The van der Waals surface area contributed by atoms with E-state index in [0.717, 1.165) is 12.0 Å². The van der Waals surface area contributed by atoms with Crippen LogP contribution in [0.5, 0.6) is 0 Å². The monoisotopic (exact) mass is 308 g/mol. The highest BCUT2D eigenvalue weighted by atomic mass is 16.1. The quantitative estimate of drug-likeness (QED) is 0.913. The third-order valence-corrected chi connectivity index (χ3v) is 4.61. The standard InChI is InChI=1S/C20H24N2O/c1-15(18-10-9-17-6-2-3-7-19(17)13-18)22-20(23)11-8-16-5-4-12-21-14-16/h4-5,9-10,12-15H,2-3,6-8,11H2,1H3,(H,22,23)/t15-/m0/s1. The molecule has 1 N–H and O–H groups in total. The van der Waals surface area contributed by atoms with E-state index in [1.165, 1.54) is 42.4 Å². The maximum absolute atomic E-state index is 12.2. The molecule has 0 unspecified atom stereocenters. The molecule has 23 heavy (non-hydrogen) atoms. The highest BCUT2D eigenvalue weighted by Gasteiger charge is 2.14. The van der Waals surface area contributed by atoms with Crippen LogP contribution in [0.15, 0.2) is 42.7 Å². The molecule has 0 saturated carbocycles. The van der Waals surface area contributed by atoms with Crippen LogP contribution in [-0.2, 0) is 24.1 Å². The maximum atomic E-state index is 12.2. The van der Waals surface area contributed by atoms with Gasteiger partial charge in [0, 0.05) is 18.8 Å². The summed E-state index contributed by atoms with van der Waals surface area (Å²) in [4.78, 5) is 16.2. The van der Waals surface area contributed by atoms with Gasteiger partial charge in [-0.15, -0.1) is 0 Å². The molecule has 1 atom stereocenters. The topological polar surface area (TPSA) is 42.0 Å². The number of pyridine rings is 1. The summed E-state index contributed by atoms with van der Waals surface area (Å²) in [5.74, 6) is 0.0964. The van der Waals surface area contributed by atoms with E-state index in [1.54, 1.807) is 6.20 Å². The summed E-state index contributed by atoms with van der Waals surface area (Å²) >= 11 is 0. The Hall–Kier alpha value is -2.16. The van der Waals surface area contributed by atoms with E-state index in [9.17, 15) is 4.79 Å². The molecule has 0 spiro atoms. The average molecular weight is 308 g/mol. The third kappa shape index (κ3) is 4.19. The third-order valence-electron chi connectivity index (χ3n) is 4.61. The van der Waals surface area contributed by atoms with Crippen LogP contribution in [0, 0.1) is 0 Å². The summed E-state index contributed by atoms with van der Waals surface area (Å²) in [5, 5.41) is 3.11. The molecule has 3 heteroatoms. The lowest BCUT2D eigenvalue weighted by Gasteiger charge is -2.20. The first kappa shape index (κ1) is 15.7. The number of carbonyl (C=O) groups is 1. The van der Waals surface area contributed by atoms with Crippen molar-refractivity contribution in [1.82, 2.24) is 10.3 Å². The number of hydrogen-bond acceptors (Lipinski definition) is 2. The second-order valence-electron chi connectivity index (χ2n) is 6.39. The smallest absolute Gasteiger partial charge is 0.220 e. The molecule has 3 nitrogen and oxygen atoms in total. The molecule has 1 aliphatic rings. The van der Waals surface area contributed by atoms with E-state index in [-0.39, 0.29) is 11.9 Å². The summed E-state index contributed by atoms with van der Waals surface area (Å²) in [5.41, 5.74) is 5.25. The Morgan fingerprint density at radius 1 is 1.22 bits per heavy atom. The minimum absolute atomic E-state index is 0.0589. The highest BCUT2D eigenvalue weighted by molar-refractivity contribution is 5.76. The van der Waals surface area contributed by atoms with Crippen molar-refractivity contribution in [3.05, 3.63) is 65.0 Å². The number of hydrogen-bond donors (Lipinski definition) is 1. The van der Waals surface area contributed by atoms with Crippen LogP contribution in [0.1, 0.15) is 54.5 Å². The number of rotatable bonds is 5. The van der Waals surface area contributed by atoms with Gasteiger partial charge < -0.3 is 5.32 Å². The Kier molecular flexibility index (Phi) is 5.06. The Morgan fingerprint density at radius 3 is 2.83 bits per heavy atom. The Labute approximate surface area is 138 Å². The van der Waals surface area contributed by atoms with Crippen LogP contribution in [-0.4, -0.2) is 10.9 Å². The van der Waals surface area contributed by atoms with Crippen LogP contribution in [0.2, 0.25) is 0 Å². The SMILES string of the molecule is C[C@H](NC(=O)CCc1cccnc1)c1ccc2c(c1)CCCC2. The van der Waals surface area contributed by atoms with Gasteiger partial charge in [-0.05, 0) is 67.3 Å². The number of amides is 1. The molecule has 0 fully saturated rings. The van der Waals surface area contributed by atoms with Gasteiger partial charge in [-0.2, -0.15) is 0 Å². The van der Waals surface area contributed by atoms with E-state index in [0.29, 0.717) is 6.42 Å². The molecule has 0 bridgehead atoms. The van der Waals surface area contributed by atoms with E-state index >= 15 is 0 Å². The fourth-order valence-electron chi connectivity index (χ4n) is 3.22. The van der Waals surface area contributed by atoms with Crippen molar-refractivity contribution in [3.63, 3.8) is 0 Å². The maximum Gasteiger partial charge on any atom is 0.220 e. The van der Waals surface area contributed by atoms with Crippen LogP contribution < -0.4 is 5.32 Å². The van der Waals surface area contributed by atoms with Gasteiger partial charge in [0.2, 0.25) is 5.91 Å². The summed E-state index contributed by atoms with van der Waals surface area (Å²) in [7, 11) is 0. The highest BCUT2D eigenvalue weighted by Crippen LogP contribution is 2.24. The van der Waals surface area contributed by atoms with Gasteiger partial charge >= 0.3 is 0 Å². The van der Waals surface area contributed by atoms with Crippen LogP contribution in [0.3, 0.4) is 0 Å². The largest absolute Gasteiger partial charge is 0.350 e. The van der Waals surface area contributed by atoms with E-state index in [4.69, 9.17) is 0 Å². The molecule has 1 aliphatic carbocycles. The van der Waals surface area contributed by atoms with Gasteiger partial charge in [-0.1, -0.05) is 24.3 Å². The first-order chi connectivity index (χ1) is 11.2. The first-order valence-corrected chi connectivity index (χ1v) is 8.52. The normalized spacial score (nSPS) is 14.8. The van der Waals surface area contributed by atoms with Crippen LogP contribution in [0.4, 0.5) is 0 Å². The van der Waals surface area contributed by atoms with Gasteiger partial charge in [-0.25, -0.2) is 0 Å². The minimum atomic E-state index is 0.0589. The van der Waals surface area contributed by atoms with E-state index in [2.05, 4.69) is 35.4 Å². The second kappa shape index (κ2) is 7.40. The van der Waals surface area contributed by atoms with E-state index in [1.807, 2.05) is 18.3 Å². The molecule has 1 aromatic carbocycles. The van der Waals surface area contributed by atoms with Gasteiger partial charge in [0.05, 0.1) is 6.04 Å². The number of benzene rings is 1. The minimum Gasteiger partial charge on any atom is -0.350 e. The molecule has 1 heterocycles. The van der Waals surface area contributed by atoms with Crippen molar-refractivity contribution in [1.29, 1.82) is 0 Å². The zero-order valence-electron chi connectivity index (χ0n) is 13.7. The Balaban J connectivity index is 1.56. The van der Waals surface area contributed by atoms with Gasteiger partial charge in [0.15, 0.2) is 0 Å². The summed E-state index contributed by atoms with van der Waals surface area (Å²) < 4.78 is 0. The van der Waals surface area contributed by atoms with Crippen molar-refractivity contribution in [2.75, 3.05) is 0 Å². The van der Waals surface area contributed by atoms with Crippen LogP contribution in [0.25, 0.3) is 0 Å². The predicted octanol–water partition coefficient (Wildman–Crippen LogP) is 3.77. The summed E-state index contributed by atoms with van der Waals surface area (Å²) in [6.45, 7) is 2.06. The number of nitrogens with one attached hydrogen (secondary N) is 1. The molecule has 1 amide bonds. The number of carbonyl (C=O) groups excluding carboxylic acids is 1. The summed E-state index contributed by atoms with van der Waals surface area (Å²) in [6, 6.07) is 10.7. The predicted molar refractivity (Wildman–Crippen MR) is 92.2 cm³/mol. The van der Waals surface area contributed by atoms with Gasteiger partial charge in [0.1, 0.15) is 0 Å². The molecular weight excluding hydrogens is 284 g/mol. The Morgan fingerprint density at radius 2 is 2.04 bits per heavy atom. The zero-order chi connectivity index (χ0) is 16.1. The lowest BCUT2D eigenvalue weighted by atomic mass is 9.89. The molecule has 0 aliphatic heterocycles. The van der Waals surface area contributed by atoms with Gasteiger partial charge in [-0.3, -0.25) is 9.78 Å². The second-order valence-corrected chi connectivity index (χ2v) is 6.39. The fourth-order valence-corrected chi connectivity index (χ4v) is 3.22. The van der Waals surface area contributed by atoms with Crippen LogP contribution >= 0.6 is 0 Å².